The van der Waals surface area contributed by atoms with Crippen LogP contribution in [-0.2, 0) is 0 Å². The van der Waals surface area contributed by atoms with E-state index in [0.717, 1.165) is 15.7 Å². The zero-order chi connectivity index (χ0) is 12.3. The van der Waals surface area contributed by atoms with Crippen LogP contribution in [-0.4, -0.2) is 29.0 Å². The minimum absolute atomic E-state index is 0.164. The number of rotatable bonds is 6. The summed E-state index contributed by atoms with van der Waals surface area (Å²) in [6, 6.07) is 8.44. The molecule has 0 aliphatic heterocycles. The lowest BCUT2D eigenvalue weighted by molar-refractivity contribution is 0.190. The second-order valence-corrected chi connectivity index (χ2v) is 6.37. The SMILES string of the molecule is CC(CO)(CSc1cccc(Cl)c1)NC1CC1. The van der Waals surface area contributed by atoms with Crippen LogP contribution in [0.4, 0.5) is 0 Å². The van der Waals surface area contributed by atoms with E-state index in [1.165, 1.54) is 12.8 Å². The highest BCUT2D eigenvalue weighted by atomic mass is 35.5. The van der Waals surface area contributed by atoms with E-state index in [1.54, 1.807) is 11.8 Å². The summed E-state index contributed by atoms with van der Waals surface area (Å²) < 4.78 is 0. The number of thioether (sulfide) groups is 1. The molecule has 2 N–H and O–H groups in total. The van der Waals surface area contributed by atoms with E-state index >= 15 is 0 Å². The molecule has 0 aromatic heterocycles. The number of aliphatic hydroxyl groups excluding tert-OH is 1. The van der Waals surface area contributed by atoms with Gasteiger partial charge in [-0.1, -0.05) is 17.7 Å². The van der Waals surface area contributed by atoms with Crippen LogP contribution < -0.4 is 5.32 Å². The fourth-order valence-corrected chi connectivity index (χ4v) is 2.95. The van der Waals surface area contributed by atoms with Crippen LogP contribution in [0.1, 0.15) is 19.8 Å². The third-order valence-corrected chi connectivity index (χ3v) is 4.44. The number of halogens is 1. The van der Waals surface area contributed by atoms with Gasteiger partial charge in [0.2, 0.25) is 0 Å². The fraction of sp³-hybridized carbons (Fsp3) is 0.538. The van der Waals surface area contributed by atoms with Crippen molar-refractivity contribution >= 4 is 23.4 Å². The summed E-state index contributed by atoms with van der Waals surface area (Å²) in [6.07, 6.45) is 2.47. The summed E-state index contributed by atoms with van der Waals surface area (Å²) in [4.78, 5) is 1.15. The second-order valence-electron chi connectivity index (χ2n) is 4.88. The van der Waals surface area contributed by atoms with Crippen molar-refractivity contribution in [1.82, 2.24) is 5.32 Å². The topological polar surface area (TPSA) is 32.3 Å². The maximum Gasteiger partial charge on any atom is 0.0618 e. The smallest absolute Gasteiger partial charge is 0.0618 e. The average molecular weight is 272 g/mol. The van der Waals surface area contributed by atoms with Gasteiger partial charge in [-0.3, -0.25) is 0 Å². The first-order chi connectivity index (χ1) is 8.11. The Morgan fingerprint density at radius 2 is 2.29 bits per heavy atom. The predicted molar refractivity (Wildman–Crippen MR) is 73.8 cm³/mol. The fourth-order valence-electron chi connectivity index (χ4n) is 1.65. The van der Waals surface area contributed by atoms with E-state index < -0.39 is 0 Å². The molecule has 1 aromatic carbocycles. The van der Waals surface area contributed by atoms with Crippen molar-refractivity contribution in [3.05, 3.63) is 29.3 Å². The molecule has 17 heavy (non-hydrogen) atoms. The Morgan fingerprint density at radius 3 is 2.88 bits per heavy atom. The number of benzene rings is 1. The van der Waals surface area contributed by atoms with Gasteiger partial charge in [0.25, 0.3) is 0 Å². The average Bonchev–Trinajstić information content (AvgIpc) is 3.11. The Kier molecular flexibility index (Phi) is 4.36. The van der Waals surface area contributed by atoms with E-state index in [1.807, 2.05) is 24.3 Å². The third kappa shape index (κ3) is 4.18. The van der Waals surface area contributed by atoms with Crippen LogP contribution in [0.5, 0.6) is 0 Å². The van der Waals surface area contributed by atoms with Gasteiger partial charge in [0.15, 0.2) is 0 Å². The molecule has 0 heterocycles. The van der Waals surface area contributed by atoms with E-state index in [2.05, 4.69) is 12.2 Å². The number of hydrogen-bond acceptors (Lipinski definition) is 3. The predicted octanol–water partition coefficient (Wildman–Crippen LogP) is 2.94. The van der Waals surface area contributed by atoms with Crippen molar-refractivity contribution in [3.63, 3.8) is 0 Å². The van der Waals surface area contributed by atoms with Crippen molar-refractivity contribution in [2.45, 2.75) is 36.2 Å². The highest BCUT2D eigenvalue weighted by molar-refractivity contribution is 7.99. The van der Waals surface area contributed by atoms with Gasteiger partial charge in [-0.15, -0.1) is 11.8 Å². The Bertz CT molecular complexity index is 383. The summed E-state index contributed by atoms with van der Waals surface area (Å²) in [5.74, 6) is 0.848. The van der Waals surface area contributed by atoms with Gasteiger partial charge < -0.3 is 10.4 Å². The first kappa shape index (κ1) is 13.2. The minimum Gasteiger partial charge on any atom is -0.394 e. The summed E-state index contributed by atoms with van der Waals surface area (Å²) in [7, 11) is 0. The van der Waals surface area contributed by atoms with Gasteiger partial charge in [0.1, 0.15) is 0 Å². The van der Waals surface area contributed by atoms with Crippen LogP contribution in [0, 0.1) is 0 Å². The molecule has 1 atom stereocenters. The second kappa shape index (κ2) is 5.61. The molecule has 0 spiro atoms. The molecule has 1 fully saturated rings. The molecule has 1 aliphatic carbocycles. The molecular formula is C13H18ClNOS. The maximum absolute atomic E-state index is 9.49. The molecule has 2 rings (SSSR count). The van der Waals surface area contributed by atoms with Gasteiger partial charge >= 0.3 is 0 Å². The molecule has 1 aliphatic rings. The molecule has 0 bridgehead atoms. The number of hydrogen-bond donors (Lipinski definition) is 2. The lowest BCUT2D eigenvalue weighted by Crippen LogP contribution is -2.49. The number of aliphatic hydroxyl groups is 1. The lowest BCUT2D eigenvalue weighted by Gasteiger charge is -2.28. The summed E-state index contributed by atoms with van der Waals surface area (Å²) >= 11 is 7.67. The zero-order valence-electron chi connectivity index (χ0n) is 9.95. The van der Waals surface area contributed by atoms with Gasteiger partial charge in [-0.2, -0.15) is 0 Å². The van der Waals surface area contributed by atoms with E-state index in [4.69, 9.17) is 11.6 Å². The van der Waals surface area contributed by atoms with Gasteiger partial charge in [0, 0.05) is 27.3 Å². The van der Waals surface area contributed by atoms with E-state index in [-0.39, 0.29) is 12.1 Å². The van der Waals surface area contributed by atoms with Crippen molar-refractivity contribution in [1.29, 1.82) is 0 Å². The van der Waals surface area contributed by atoms with Crippen molar-refractivity contribution in [2.75, 3.05) is 12.4 Å². The summed E-state index contributed by atoms with van der Waals surface area (Å²) in [5, 5.41) is 13.8. The Hall–Kier alpha value is -0.220. The molecule has 1 unspecified atom stereocenters. The summed E-state index contributed by atoms with van der Waals surface area (Å²) in [6.45, 7) is 2.24. The van der Waals surface area contributed by atoms with Crippen LogP contribution in [0.3, 0.4) is 0 Å². The lowest BCUT2D eigenvalue weighted by atomic mass is 10.1. The normalized spacial score (nSPS) is 19.0. The third-order valence-electron chi connectivity index (χ3n) is 2.83. The van der Waals surface area contributed by atoms with Crippen LogP contribution in [0.25, 0.3) is 0 Å². The van der Waals surface area contributed by atoms with E-state index in [9.17, 15) is 5.11 Å². The van der Waals surface area contributed by atoms with Crippen molar-refractivity contribution in [2.24, 2.45) is 0 Å². The van der Waals surface area contributed by atoms with E-state index in [0.29, 0.717) is 6.04 Å². The van der Waals surface area contributed by atoms with Crippen LogP contribution in [0.15, 0.2) is 29.2 Å². The summed E-state index contributed by atoms with van der Waals surface area (Å²) in [5.41, 5.74) is -0.200. The first-order valence-corrected chi connectivity index (χ1v) is 7.25. The minimum atomic E-state index is -0.200. The first-order valence-electron chi connectivity index (χ1n) is 5.88. The largest absolute Gasteiger partial charge is 0.394 e. The quantitative estimate of drug-likeness (QED) is 0.781. The van der Waals surface area contributed by atoms with Crippen molar-refractivity contribution < 1.29 is 5.11 Å². The monoisotopic (exact) mass is 271 g/mol. The molecule has 1 saturated carbocycles. The Morgan fingerprint density at radius 1 is 1.53 bits per heavy atom. The molecule has 0 amide bonds. The zero-order valence-corrected chi connectivity index (χ0v) is 11.5. The van der Waals surface area contributed by atoms with Gasteiger partial charge in [0.05, 0.1) is 6.61 Å². The Labute approximate surface area is 112 Å². The molecular weight excluding hydrogens is 254 g/mol. The molecule has 2 nitrogen and oxygen atoms in total. The molecule has 0 saturated heterocycles. The van der Waals surface area contributed by atoms with Gasteiger partial charge in [-0.05, 0) is 38.0 Å². The van der Waals surface area contributed by atoms with Crippen LogP contribution in [0.2, 0.25) is 5.02 Å². The molecule has 94 valence electrons. The van der Waals surface area contributed by atoms with Crippen molar-refractivity contribution in [3.8, 4) is 0 Å². The Balaban J connectivity index is 1.90. The molecule has 1 aromatic rings. The maximum atomic E-state index is 9.49. The molecule has 4 heteroatoms. The number of nitrogens with one attached hydrogen (secondary N) is 1. The standard InChI is InChI=1S/C13H18ClNOS/c1-13(8-16,15-11-5-6-11)9-17-12-4-2-3-10(14)7-12/h2-4,7,11,15-16H,5-6,8-9H2,1H3. The van der Waals surface area contributed by atoms with Crippen LogP contribution >= 0.6 is 23.4 Å². The highest BCUT2D eigenvalue weighted by Gasteiger charge is 2.31. The highest BCUT2D eigenvalue weighted by Crippen LogP contribution is 2.28. The molecule has 0 radical (unpaired) electrons. The van der Waals surface area contributed by atoms with Gasteiger partial charge in [-0.25, -0.2) is 0 Å².